The summed E-state index contributed by atoms with van der Waals surface area (Å²) in [6, 6.07) is 13.5. The van der Waals surface area contributed by atoms with Crippen molar-refractivity contribution >= 4 is 39.8 Å². The number of hydrogen-bond donors (Lipinski definition) is 0. The maximum atomic E-state index is 12.0. The first-order valence-corrected chi connectivity index (χ1v) is 7.57. The van der Waals surface area contributed by atoms with Gasteiger partial charge in [-0.05, 0) is 30.3 Å². The number of benzene rings is 2. The number of carbonyl (C=O) groups excluding carboxylic acids is 1. The molecule has 0 aromatic heterocycles. The second-order valence-electron chi connectivity index (χ2n) is 3.85. The summed E-state index contributed by atoms with van der Waals surface area (Å²) in [5.41, 5.74) is 0.343. The zero-order chi connectivity index (χ0) is 13.8. The molecule has 0 amide bonds. The molecule has 0 aliphatic rings. The van der Waals surface area contributed by atoms with E-state index in [0.717, 1.165) is 0 Å². The smallest absolute Gasteiger partial charge is 0.177 e. The van der Waals surface area contributed by atoms with Crippen LogP contribution in [0.15, 0.2) is 53.4 Å². The van der Waals surface area contributed by atoms with Gasteiger partial charge in [-0.1, -0.05) is 41.4 Å². The molecule has 0 spiro atoms. The largest absolute Gasteiger partial charge is 0.293 e. The summed E-state index contributed by atoms with van der Waals surface area (Å²) in [6.07, 6.45) is 0. The fourth-order valence-corrected chi connectivity index (χ4v) is 3.10. The van der Waals surface area contributed by atoms with E-state index in [2.05, 4.69) is 0 Å². The van der Waals surface area contributed by atoms with Gasteiger partial charge in [0.1, 0.15) is 0 Å². The van der Waals surface area contributed by atoms with Gasteiger partial charge in [-0.3, -0.25) is 9.00 Å². The highest BCUT2D eigenvalue weighted by atomic mass is 35.5. The third kappa shape index (κ3) is 3.66. The molecule has 19 heavy (non-hydrogen) atoms. The number of ketones is 1. The van der Waals surface area contributed by atoms with E-state index < -0.39 is 10.8 Å². The van der Waals surface area contributed by atoms with Crippen LogP contribution in [0.4, 0.5) is 0 Å². The highest BCUT2D eigenvalue weighted by Gasteiger charge is 2.15. The molecule has 0 saturated heterocycles. The lowest BCUT2D eigenvalue weighted by Gasteiger charge is -2.04. The monoisotopic (exact) mass is 312 g/mol. The fraction of sp³-hybridized carbons (Fsp3) is 0.0714. The first-order chi connectivity index (χ1) is 9.08. The van der Waals surface area contributed by atoms with E-state index >= 15 is 0 Å². The number of rotatable bonds is 4. The normalized spacial score (nSPS) is 12.1. The average molecular weight is 313 g/mol. The van der Waals surface area contributed by atoms with Crippen molar-refractivity contribution in [3.63, 3.8) is 0 Å². The van der Waals surface area contributed by atoms with Gasteiger partial charge >= 0.3 is 0 Å². The van der Waals surface area contributed by atoms with Crippen LogP contribution in [0, 0.1) is 0 Å². The van der Waals surface area contributed by atoms with Crippen molar-refractivity contribution in [2.24, 2.45) is 0 Å². The molecule has 98 valence electrons. The summed E-state index contributed by atoms with van der Waals surface area (Å²) < 4.78 is 12.0. The van der Waals surface area contributed by atoms with Crippen molar-refractivity contribution in [2.45, 2.75) is 4.90 Å². The standard InChI is InChI=1S/C14H10Cl2O2S/c15-10-6-7-12(13(16)8-10)14(17)9-19(18)11-4-2-1-3-5-11/h1-8H,9H2. The third-order valence-electron chi connectivity index (χ3n) is 2.50. The van der Waals surface area contributed by atoms with Crippen LogP contribution < -0.4 is 0 Å². The fourth-order valence-electron chi connectivity index (χ4n) is 1.57. The predicted molar refractivity (Wildman–Crippen MR) is 78.5 cm³/mol. The Morgan fingerprint density at radius 3 is 2.37 bits per heavy atom. The molecule has 2 nitrogen and oxygen atoms in total. The molecular formula is C14H10Cl2O2S. The molecule has 0 saturated carbocycles. The summed E-state index contributed by atoms with van der Waals surface area (Å²) >= 11 is 11.7. The number of halogens is 2. The molecule has 0 aliphatic heterocycles. The molecule has 5 heteroatoms. The van der Waals surface area contributed by atoms with Crippen LogP contribution >= 0.6 is 23.2 Å². The highest BCUT2D eigenvalue weighted by molar-refractivity contribution is 7.85. The summed E-state index contributed by atoms with van der Waals surface area (Å²) in [6.45, 7) is 0. The zero-order valence-electron chi connectivity index (χ0n) is 9.81. The van der Waals surface area contributed by atoms with E-state index in [-0.39, 0.29) is 16.6 Å². The number of hydrogen-bond acceptors (Lipinski definition) is 2. The minimum absolute atomic E-state index is 0.0919. The van der Waals surface area contributed by atoms with Gasteiger partial charge in [0, 0.05) is 15.5 Å². The van der Waals surface area contributed by atoms with Gasteiger partial charge < -0.3 is 0 Å². The zero-order valence-corrected chi connectivity index (χ0v) is 12.1. The first kappa shape index (κ1) is 14.3. The summed E-state index contributed by atoms with van der Waals surface area (Å²) in [4.78, 5) is 12.7. The van der Waals surface area contributed by atoms with E-state index in [0.29, 0.717) is 15.5 Å². The molecule has 0 bridgehead atoms. The third-order valence-corrected chi connectivity index (χ3v) is 4.37. The molecule has 0 heterocycles. The van der Waals surface area contributed by atoms with Crippen molar-refractivity contribution in [1.82, 2.24) is 0 Å². The van der Waals surface area contributed by atoms with Gasteiger partial charge in [0.25, 0.3) is 0 Å². The number of carbonyl (C=O) groups is 1. The van der Waals surface area contributed by atoms with Crippen LogP contribution in [0.25, 0.3) is 0 Å². The predicted octanol–water partition coefficient (Wildman–Crippen LogP) is 3.98. The van der Waals surface area contributed by atoms with Crippen LogP contribution in [-0.2, 0) is 10.8 Å². The topological polar surface area (TPSA) is 34.1 Å². The van der Waals surface area contributed by atoms with Gasteiger partial charge in [-0.15, -0.1) is 0 Å². The summed E-state index contributed by atoms with van der Waals surface area (Å²) in [7, 11) is -1.37. The van der Waals surface area contributed by atoms with Crippen molar-refractivity contribution in [3.05, 3.63) is 64.1 Å². The maximum absolute atomic E-state index is 12.0. The van der Waals surface area contributed by atoms with Crippen molar-refractivity contribution < 1.29 is 9.00 Å². The molecule has 1 unspecified atom stereocenters. The molecular weight excluding hydrogens is 303 g/mol. The van der Waals surface area contributed by atoms with Crippen molar-refractivity contribution in [1.29, 1.82) is 0 Å². The van der Waals surface area contributed by atoms with E-state index in [1.165, 1.54) is 6.07 Å². The molecule has 0 fully saturated rings. The van der Waals surface area contributed by atoms with Crippen molar-refractivity contribution in [2.75, 3.05) is 5.75 Å². The van der Waals surface area contributed by atoms with E-state index in [1.807, 2.05) is 6.07 Å². The van der Waals surface area contributed by atoms with E-state index in [9.17, 15) is 9.00 Å². The minimum Gasteiger partial charge on any atom is -0.293 e. The Kier molecular flexibility index (Phi) is 4.75. The lowest BCUT2D eigenvalue weighted by molar-refractivity contribution is 0.102. The van der Waals surface area contributed by atoms with Crippen LogP contribution in [-0.4, -0.2) is 15.7 Å². The summed E-state index contributed by atoms with van der Waals surface area (Å²) in [5, 5.41) is 0.744. The molecule has 0 N–H and O–H groups in total. The lowest BCUT2D eigenvalue weighted by Crippen LogP contribution is -2.11. The van der Waals surface area contributed by atoms with Gasteiger partial charge in [0.15, 0.2) is 5.78 Å². The maximum Gasteiger partial charge on any atom is 0.177 e. The molecule has 0 radical (unpaired) electrons. The van der Waals surface area contributed by atoms with Crippen LogP contribution in [0.3, 0.4) is 0 Å². The highest BCUT2D eigenvalue weighted by Crippen LogP contribution is 2.22. The van der Waals surface area contributed by atoms with Gasteiger partial charge in [-0.2, -0.15) is 0 Å². The molecule has 0 aliphatic carbocycles. The Labute approximate surface area is 123 Å². The SMILES string of the molecule is O=C(CS(=O)c1ccccc1)c1ccc(Cl)cc1Cl. The van der Waals surface area contributed by atoms with Crippen LogP contribution in [0.2, 0.25) is 10.0 Å². The molecule has 2 aromatic carbocycles. The number of Topliss-reactive ketones (excluding diaryl/α,β-unsaturated/α-hetero) is 1. The van der Waals surface area contributed by atoms with Crippen LogP contribution in [0.1, 0.15) is 10.4 Å². The van der Waals surface area contributed by atoms with Crippen LogP contribution in [0.5, 0.6) is 0 Å². The average Bonchev–Trinajstić information content (AvgIpc) is 2.39. The minimum atomic E-state index is -1.37. The first-order valence-electron chi connectivity index (χ1n) is 5.49. The van der Waals surface area contributed by atoms with Gasteiger partial charge in [-0.25, -0.2) is 0 Å². The lowest BCUT2D eigenvalue weighted by atomic mass is 10.1. The quantitative estimate of drug-likeness (QED) is 0.800. The van der Waals surface area contributed by atoms with E-state index in [4.69, 9.17) is 23.2 Å². The molecule has 2 aromatic rings. The second-order valence-corrected chi connectivity index (χ2v) is 6.15. The van der Waals surface area contributed by atoms with Gasteiger partial charge in [0.2, 0.25) is 0 Å². The molecule has 2 rings (SSSR count). The Bertz CT molecular complexity index is 627. The molecule has 1 atom stereocenters. The Balaban J connectivity index is 2.15. The Hall–Kier alpha value is -1.16. The second kappa shape index (κ2) is 6.33. The van der Waals surface area contributed by atoms with E-state index in [1.54, 1.807) is 36.4 Å². The summed E-state index contributed by atoms with van der Waals surface area (Å²) in [5.74, 6) is -0.352. The van der Waals surface area contributed by atoms with Crippen molar-refractivity contribution in [3.8, 4) is 0 Å². The van der Waals surface area contributed by atoms with Gasteiger partial charge in [0.05, 0.1) is 21.6 Å². The Morgan fingerprint density at radius 2 is 1.74 bits per heavy atom. The Morgan fingerprint density at radius 1 is 1.05 bits per heavy atom.